The standard InChI is InChI=1S/C13H13N3O2/c1-8-14-7-10-6-11(9-2-4-18-5-3-9)13(17)16-12(10)15-8/h2,6-7H,3-5H2,1H3,(H,14,15,16,17). The number of nitrogens with zero attached hydrogens (tertiary/aromatic N) is 2. The van der Waals surface area contributed by atoms with Crippen LogP contribution in [0.1, 0.15) is 17.8 Å². The molecule has 0 radical (unpaired) electrons. The molecule has 18 heavy (non-hydrogen) atoms. The fourth-order valence-electron chi connectivity index (χ4n) is 2.09. The zero-order valence-corrected chi connectivity index (χ0v) is 10.1. The average Bonchev–Trinajstić information content (AvgIpc) is 2.39. The summed E-state index contributed by atoms with van der Waals surface area (Å²) in [4.78, 5) is 23.2. The summed E-state index contributed by atoms with van der Waals surface area (Å²) in [6, 6.07) is 1.85. The molecule has 3 heterocycles. The summed E-state index contributed by atoms with van der Waals surface area (Å²) in [5.74, 6) is 0.649. The fraction of sp³-hybridized carbons (Fsp3) is 0.308. The monoisotopic (exact) mass is 243 g/mol. The number of hydrogen-bond donors (Lipinski definition) is 1. The van der Waals surface area contributed by atoms with Crippen molar-refractivity contribution in [2.75, 3.05) is 13.2 Å². The molecule has 0 saturated heterocycles. The molecule has 0 amide bonds. The summed E-state index contributed by atoms with van der Waals surface area (Å²) in [6.45, 7) is 3.03. The Morgan fingerprint density at radius 2 is 2.33 bits per heavy atom. The van der Waals surface area contributed by atoms with E-state index in [1.54, 1.807) is 13.1 Å². The molecule has 3 rings (SSSR count). The second-order valence-electron chi connectivity index (χ2n) is 4.29. The third kappa shape index (κ3) is 1.93. The Hall–Kier alpha value is -2.01. The van der Waals surface area contributed by atoms with Gasteiger partial charge in [0.15, 0.2) is 0 Å². The van der Waals surface area contributed by atoms with E-state index in [0.717, 1.165) is 17.4 Å². The van der Waals surface area contributed by atoms with Gasteiger partial charge in [-0.05, 0) is 25.0 Å². The first-order chi connectivity index (χ1) is 8.74. The number of aryl methyl sites for hydroxylation is 1. The van der Waals surface area contributed by atoms with Crippen LogP contribution in [0.25, 0.3) is 16.6 Å². The van der Waals surface area contributed by atoms with E-state index in [-0.39, 0.29) is 5.56 Å². The maximum atomic E-state index is 12.0. The number of ether oxygens (including phenoxy) is 1. The molecule has 0 fully saturated rings. The third-order valence-corrected chi connectivity index (χ3v) is 3.02. The highest BCUT2D eigenvalue weighted by Gasteiger charge is 2.11. The fourth-order valence-corrected chi connectivity index (χ4v) is 2.09. The summed E-state index contributed by atoms with van der Waals surface area (Å²) in [7, 11) is 0. The molecule has 0 aromatic carbocycles. The maximum Gasteiger partial charge on any atom is 0.257 e. The van der Waals surface area contributed by atoms with Gasteiger partial charge in [-0.3, -0.25) is 4.79 Å². The molecule has 0 bridgehead atoms. The Bertz CT molecular complexity index is 688. The number of aromatic nitrogens is 3. The lowest BCUT2D eigenvalue weighted by Gasteiger charge is -2.13. The van der Waals surface area contributed by atoms with Gasteiger partial charge in [0.2, 0.25) is 0 Å². The van der Waals surface area contributed by atoms with Crippen molar-refractivity contribution in [3.8, 4) is 0 Å². The van der Waals surface area contributed by atoms with Crippen LogP contribution in [0.3, 0.4) is 0 Å². The van der Waals surface area contributed by atoms with Gasteiger partial charge in [0, 0.05) is 17.1 Å². The summed E-state index contributed by atoms with van der Waals surface area (Å²) >= 11 is 0. The minimum absolute atomic E-state index is 0.103. The molecule has 1 aliphatic rings. The van der Waals surface area contributed by atoms with Crippen LogP contribution in [0.4, 0.5) is 0 Å². The molecule has 92 valence electrons. The van der Waals surface area contributed by atoms with E-state index in [4.69, 9.17) is 4.74 Å². The molecule has 2 aromatic rings. The van der Waals surface area contributed by atoms with E-state index in [1.807, 2.05) is 12.1 Å². The Morgan fingerprint density at radius 1 is 1.44 bits per heavy atom. The molecular weight excluding hydrogens is 230 g/mol. The van der Waals surface area contributed by atoms with Gasteiger partial charge >= 0.3 is 0 Å². The van der Waals surface area contributed by atoms with Crippen LogP contribution in [0.5, 0.6) is 0 Å². The van der Waals surface area contributed by atoms with Crippen molar-refractivity contribution in [3.63, 3.8) is 0 Å². The Morgan fingerprint density at radius 3 is 3.11 bits per heavy atom. The van der Waals surface area contributed by atoms with E-state index < -0.39 is 0 Å². The van der Waals surface area contributed by atoms with Crippen LogP contribution in [0, 0.1) is 6.92 Å². The first-order valence-electron chi connectivity index (χ1n) is 5.88. The van der Waals surface area contributed by atoms with Gasteiger partial charge in [-0.15, -0.1) is 0 Å². The van der Waals surface area contributed by atoms with Crippen LogP contribution in [0.2, 0.25) is 0 Å². The summed E-state index contributed by atoms with van der Waals surface area (Å²) in [6.07, 6.45) is 4.45. The van der Waals surface area contributed by atoms with Gasteiger partial charge in [-0.2, -0.15) is 0 Å². The first kappa shape index (κ1) is 11.1. The largest absolute Gasteiger partial charge is 0.377 e. The summed E-state index contributed by atoms with van der Waals surface area (Å²) in [5.41, 5.74) is 2.21. The SMILES string of the molecule is Cc1ncc2cc(C3=CCOCC3)c(=O)[nH]c2n1. The highest BCUT2D eigenvalue weighted by molar-refractivity contribution is 5.79. The van der Waals surface area contributed by atoms with Gasteiger partial charge in [0.1, 0.15) is 11.5 Å². The predicted octanol–water partition coefficient (Wildman–Crippen LogP) is 1.43. The number of hydrogen-bond acceptors (Lipinski definition) is 4. The van der Waals surface area contributed by atoms with Crippen LogP contribution < -0.4 is 5.56 Å². The van der Waals surface area contributed by atoms with E-state index in [0.29, 0.717) is 30.2 Å². The van der Waals surface area contributed by atoms with Gasteiger partial charge in [-0.1, -0.05) is 6.08 Å². The highest BCUT2D eigenvalue weighted by atomic mass is 16.5. The molecule has 5 heteroatoms. The molecule has 0 unspecified atom stereocenters. The topological polar surface area (TPSA) is 67.9 Å². The predicted molar refractivity (Wildman–Crippen MR) is 68.3 cm³/mol. The van der Waals surface area contributed by atoms with Crippen molar-refractivity contribution in [3.05, 3.63) is 40.1 Å². The van der Waals surface area contributed by atoms with Crippen LogP contribution >= 0.6 is 0 Å². The van der Waals surface area contributed by atoms with Crippen molar-refractivity contribution in [2.45, 2.75) is 13.3 Å². The zero-order chi connectivity index (χ0) is 12.5. The number of aromatic amines is 1. The van der Waals surface area contributed by atoms with Gasteiger partial charge in [-0.25, -0.2) is 9.97 Å². The van der Waals surface area contributed by atoms with Crippen molar-refractivity contribution in [2.24, 2.45) is 0 Å². The summed E-state index contributed by atoms with van der Waals surface area (Å²) in [5, 5.41) is 0.850. The molecule has 0 saturated carbocycles. The molecule has 0 aliphatic carbocycles. The van der Waals surface area contributed by atoms with Crippen LogP contribution in [-0.2, 0) is 4.74 Å². The second-order valence-corrected chi connectivity index (χ2v) is 4.29. The molecular formula is C13H13N3O2. The van der Waals surface area contributed by atoms with Crippen molar-refractivity contribution in [1.82, 2.24) is 15.0 Å². The first-order valence-corrected chi connectivity index (χ1v) is 5.88. The Kier molecular flexibility index (Phi) is 2.68. The number of fused-ring (bicyclic) bond motifs is 1. The number of nitrogens with one attached hydrogen (secondary N) is 1. The molecule has 2 aromatic heterocycles. The Labute approximate surface area is 104 Å². The summed E-state index contributed by atoms with van der Waals surface area (Å²) < 4.78 is 5.25. The normalized spacial score (nSPS) is 15.7. The van der Waals surface area contributed by atoms with Crippen LogP contribution in [-0.4, -0.2) is 28.2 Å². The van der Waals surface area contributed by atoms with E-state index in [1.165, 1.54) is 0 Å². The quantitative estimate of drug-likeness (QED) is 0.822. The molecule has 1 N–H and O–H groups in total. The Balaban J connectivity index is 2.18. The van der Waals surface area contributed by atoms with Gasteiger partial charge in [0.25, 0.3) is 5.56 Å². The minimum Gasteiger partial charge on any atom is -0.377 e. The van der Waals surface area contributed by atoms with Crippen molar-refractivity contribution < 1.29 is 4.74 Å². The second kappa shape index (κ2) is 4.34. The van der Waals surface area contributed by atoms with E-state index in [9.17, 15) is 4.79 Å². The molecule has 1 aliphatic heterocycles. The van der Waals surface area contributed by atoms with E-state index >= 15 is 0 Å². The highest BCUT2D eigenvalue weighted by Crippen LogP contribution is 2.20. The zero-order valence-electron chi connectivity index (χ0n) is 10.1. The maximum absolute atomic E-state index is 12.0. The van der Waals surface area contributed by atoms with Gasteiger partial charge in [0.05, 0.1) is 13.2 Å². The van der Waals surface area contributed by atoms with Gasteiger partial charge < -0.3 is 9.72 Å². The molecule has 0 spiro atoms. The minimum atomic E-state index is -0.103. The lowest BCUT2D eigenvalue weighted by molar-refractivity contribution is 0.161. The number of rotatable bonds is 1. The number of H-pyrrole nitrogens is 1. The molecule has 0 atom stereocenters. The smallest absolute Gasteiger partial charge is 0.257 e. The average molecular weight is 243 g/mol. The lowest BCUT2D eigenvalue weighted by atomic mass is 10.0. The van der Waals surface area contributed by atoms with Crippen molar-refractivity contribution in [1.29, 1.82) is 0 Å². The third-order valence-electron chi connectivity index (χ3n) is 3.02. The van der Waals surface area contributed by atoms with Crippen LogP contribution in [0.15, 0.2) is 23.1 Å². The number of pyridine rings is 1. The molecule has 5 nitrogen and oxygen atoms in total. The lowest BCUT2D eigenvalue weighted by Crippen LogP contribution is -2.15. The van der Waals surface area contributed by atoms with Crippen molar-refractivity contribution >= 4 is 16.6 Å². The van der Waals surface area contributed by atoms with E-state index in [2.05, 4.69) is 15.0 Å².